The van der Waals surface area contributed by atoms with E-state index in [4.69, 9.17) is 16.0 Å². The first-order valence-electron chi connectivity index (χ1n) is 6.16. The molecule has 2 aromatic carbocycles. The molecule has 3 rings (SSSR count). The number of benzene rings is 2. The van der Waals surface area contributed by atoms with Crippen LogP contribution in [0.3, 0.4) is 0 Å². The van der Waals surface area contributed by atoms with Gasteiger partial charge in [-0.25, -0.2) is 17.6 Å². The molecule has 1 heterocycles. The Morgan fingerprint density at radius 1 is 0.913 bits per heavy atom. The molecule has 23 heavy (non-hydrogen) atoms. The number of halogens is 5. The van der Waals surface area contributed by atoms with Crippen molar-refractivity contribution < 1.29 is 22.0 Å². The van der Waals surface area contributed by atoms with E-state index in [1.165, 1.54) is 12.1 Å². The maximum absolute atomic E-state index is 13.7. The van der Waals surface area contributed by atoms with Gasteiger partial charge in [-0.3, -0.25) is 0 Å². The zero-order chi connectivity index (χ0) is 16.6. The van der Waals surface area contributed by atoms with Crippen molar-refractivity contribution in [2.45, 2.75) is 0 Å². The highest BCUT2D eigenvalue weighted by Gasteiger charge is 2.19. The largest absolute Gasteiger partial charge is 0.403 e. The second-order valence-electron chi connectivity index (χ2n) is 4.36. The van der Waals surface area contributed by atoms with Crippen molar-refractivity contribution >= 4 is 23.3 Å². The van der Waals surface area contributed by atoms with E-state index in [-0.39, 0.29) is 22.5 Å². The number of nitrogens with zero attached hydrogens (tertiary/aromatic N) is 2. The van der Waals surface area contributed by atoms with Crippen molar-refractivity contribution in [3.8, 4) is 11.5 Å². The molecule has 118 valence electrons. The Kier molecular flexibility index (Phi) is 3.91. The summed E-state index contributed by atoms with van der Waals surface area (Å²) < 4.78 is 58.4. The average molecular weight is 344 g/mol. The van der Waals surface area contributed by atoms with E-state index >= 15 is 0 Å². The van der Waals surface area contributed by atoms with Crippen molar-refractivity contribution in [2.75, 3.05) is 5.32 Å². The molecule has 0 aliphatic rings. The quantitative estimate of drug-likeness (QED) is 0.553. The van der Waals surface area contributed by atoms with Gasteiger partial charge in [0.2, 0.25) is 0 Å². The van der Waals surface area contributed by atoms with E-state index in [0.717, 1.165) is 18.2 Å². The molecule has 1 N–H and O–H groups in total. The van der Waals surface area contributed by atoms with Gasteiger partial charge in [0.05, 0.1) is 16.3 Å². The second-order valence-corrected chi connectivity index (χ2v) is 4.76. The molecule has 0 aliphatic heterocycles. The van der Waals surface area contributed by atoms with Crippen LogP contribution in [0.5, 0.6) is 0 Å². The molecule has 0 saturated carbocycles. The molecule has 9 heteroatoms. The zero-order valence-electron chi connectivity index (χ0n) is 11.1. The van der Waals surface area contributed by atoms with Crippen LogP contribution in [0.25, 0.3) is 11.5 Å². The average Bonchev–Trinajstić information content (AvgIpc) is 2.96. The number of rotatable bonds is 3. The van der Waals surface area contributed by atoms with E-state index in [9.17, 15) is 17.6 Å². The van der Waals surface area contributed by atoms with E-state index in [1.54, 1.807) is 0 Å². The molecule has 0 amide bonds. The van der Waals surface area contributed by atoms with Gasteiger partial charge in [0, 0.05) is 0 Å². The van der Waals surface area contributed by atoms with Crippen molar-refractivity contribution in [2.24, 2.45) is 0 Å². The van der Waals surface area contributed by atoms with Crippen molar-refractivity contribution in [3.63, 3.8) is 0 Å². The molecule has 3 aromatic rings. The number of hydrogen-bond acceptors (Lipinski definition) is 4. The third-order valence-electron chi connectivity index (χ3n) is 2.88. The van der Waals surface area contributed by atoms with Crippen LogP contribution in [-0.2, 0) is 0 Å². The van der Waals surface area contributed by atoms with E-state index < -0.39 is 29.0 Å². The van der Waals surface area contributed by atoms with Crippen LogP contribution in [0.15, 0.2) is 34.7 Å². The molecule has 4 nitrogen and oxygen atoms in total. The van der Waals surface area contributed by atoms with Gasteiger partial charge >= 0.3 is 6.01 Å². The summed E-state index contributed by atoms with van der Waals surface area (Å²) in [6.07, 6.45) is 0. The van der Waals surface area contributed by atoms with Gasteiger partial charge in [-0.15, -0.1) is 5.10 Å². The highest BCUT2D eigenvalue weighted by molar-refractivity contribution is 6.33. The highest BCUT2D eigenvalue weighted by Crippen LogP contribution is 2.31. The van der Waals surface area contributed by atoms with Crippen LogP contribution in [-0.4, -0.2) is 10.2 Å². The lowest BCUT2D eigenvalue weighted by molar-refractivity contribution is 0.449. The smallest absolute Gasteiger partial charge is 0.320 e. The van der Waals surface area contributed by atoms with Crippen LogP contribution in [0.4, 0.5) is 29.3 Å². The molecule has 0 radical (unpaired) electrons. The van der Waals surface area contributed by atoms with Gasteiger partial charge in [0.1, 0.15) is 5.82 Å². The van der Waals surface area contributed by atoms with Crippen molar-refractivity contribution in [1.29, 1.82) is 0 Å². The van der Waals surface area contributed by atoms with Crippen molar-refractivity contribution in [1.82, 2.24) is 10.2 Å². The number of aromatic nitrogens is 2. The lowest BCUT2D eigenvalue weighted by atomic mass is 10.2. The Bertz CT molecular complexity index is 864. The number of anilines is 2. The fourth-order valence-corrected chi connectivity index (χ4v) is 2.06. The first kappa shape index (κ1) is 15.3. The van der Waals surface area contributed by atoms with Gasteiger partial charge in [-0.2, -0.15) is 0 Å². The molecule has 0 unspecified atom stereocenters. The Labute approximate surface area is 131 Å². The minimum absolute atomic E-state index is 0.0409. The molecule has 0 fully saturated rings. The molecule has 0 saturated heterocycles. The highest BCUT2D eigenvalue weighted by atomic mass is 35.5. The summed E-state index contributed by atoms with van der Waals surface area (Å²) in [5.41, 5.74) is -0.542. The summed E-state index contributed by atoms with van der Waals surface area (Å²) in [5.74, 6) is -5.37. The van der Waals surface area contributed by atoms with Gasteiger partial charge < -0.3 is 9.73 Å². The normalized spacial score (nSPS) is 10.8. The minimum atomic E-state index is -1.65. The first-order chi connectivity index (χ1) is 11.0. The summed E-state index contributed by atoms with van der Waals surface area (Å²) in [7, 11) is 0. The Morgan fingerprint density at radius 2 is 1.70 bits per heavy atom. The Morgan fingerprint density at radius 3 is 2.43 bits per heavy atom. The summed E-state index contributed by atoms with van der Waals surface area (Å²) in [4.78, 5) is 0. The Balaban J connectivity index is 1.93. The third kappa shape index (κ3) is 2.85. The van der Waals surface area contributed by atoms with Crippen molar-refractivity contribution in [3.05, 3.63) is 58.6 Å². The maximum Gasteiger partial charge on any atom is 0.320 e. The standard InChI is InChI=1S/C14H6ClF4N3O/c15-6-2-1-3-7(16)10(6)13-21-22-14(23-13)20-9-5-4-8(17)11(18)12(9)19/h1-5H,(H,20,22). The monoisotopic (exact) mass is 343 g/mol. The molecule has 0 atom stereocenters. The van der Waals surface area contributed by atoms with Crippen LogP contribution in [0.1, 0.15) is 0 Å². The summed E-state index contributed by atoms with van der Waals surface area (Å²) in [5, 5.41) is 9.43. The molecular weight excluding hydrogens is 338 g/mol. The van der Waals surface area contributed by atoms with Crippen LogP contribution in [0.2, 0.25) is 5.02 Å². The fourth-order valence-electron chi connectivity index (χ4n) is 1.81. The minimum Gasteiger partial charge on any atom is -0.403 e. The third-order valence-corrected chi connectivity index (χ3v) is 3.19. The summed E-state index contributed by atoms with van der Waals surface area (Å²) in [6.45, 7) is 0. The predicted octanol–water partition coefficient (Wildman–Crippen LogP) is 4.69. The van der Waals surface area contributed by atoms with Gasteiger partial charge in [0.25, 0.3) is 5.89 Å². The number of hydrogen-bond donors (Lipinski definition) is 1. The van der Waals surface area contributed by atoms with E-state index in [2.05, 4.69) is 15.5 Å². The van der Waals surface area contributed by atoms with E-state index in [0.29, 0.717) is 0 Å². The Hall–Kier alpha value is -2.61. The van der Waals surface area contributed by atoms with Gasteiger partial charge in [-0.1, -0.05) is 22.8 Å². The predicted molar refractivity (Wildman–Crippen MR) is 74.3 cm³/mol. The lowest BCUT2D eigenvalue weighted by Gasteiger charge is -2.04. The fraction of sp³-hybridized carbons (Fsp3) is 0. The van der Waals surface area contributed by atoms with Gasteiger partial charge in [-0.05, 0) is 24.3 Å². The van der Waals surface area contributed by atoms with Crippen LogP contribution in [0, 0.1) is 23.3 Å². The molecule has 0 bridgehead atoms. The van der Waals surface area contributed by atoms with Crippen LogP contribution < -0.4 is 5.32 Å². The summed E-state index contributed by atoms with van der Waals surface area (Å²) in [6, 6.07) is 5.30. The molecular formula is C14H6ClF4N3O. The molecule has 0 aliphatic carbocycles. The zero-order valence-corrected chi connectivity index (χ0v) is 11.8. The molecule has 0 spiro atoms. The maximum atomic E-state index is 13.7. The topological polar surface area (TPSA) is 51.0 Å². The van der Waals surface area contributed by atoms with Crippen LogP contribution >= 0.6 is 11.6 Å². The summed E-state index contributed by atoms with van der Waals surface area (Å²) >= 11 is 5.86. The molecule has 1 aromatic heterocycles. The first-order valence-corrected chi connectivity index (χ1v) is 6.53. The SMILES string of the molecule is Fc1ccc(Nc2nnc(-c3c(F)cccc3Cl)o2)c(F)c1F. The van der Waals surface area contributed by atoms with E-state index in [1.807, 2.05) is 0 Å². The lowest BCUT2D eigenvalue weighted by Crippen LogP contribution is -1.98. The van der Waals surface area contributed by atoms with Gasteiger partial charge in [0.15, 0.2) is 17.5 Å². The second kappa shape index (κ2) is 5.88. The number of nitrogens with one attached hydrogen (secondary N) is 1.